The number of benzene rings is 2. The third-order valence-electron chi connectivity index (χ3n) is 6.30. The number of carbonyl (C=O) groups excluding carboxylic acids is 1. The van der Waals surface area contributed by atoms with Crippen molar-refractivity contribution in [2.45, 2.75) is 30.8 Å². The van der Waals surface area contributed by atoms with Gasteiger partial charge in [0.15, 0.2) is 11.0 Å². The van der Waals surface area contributed by atoms with Gasteiger partial charge in [0.2, 0.25) is 0 Å². The van der Waals surface area contributed by atoms with E-state index in [1.165, 1.54) is 0 Å². The molecule has 1 aromatic heterocycles. The van der Waals surface area contributed by atoms with Crippen LogP contribution in [0.3, 0.4) is 0 Å². The first-order valence-electron chi connectivity index (χ1n) is 11.9. The highest BCUT2D eigenvalue weighted by atomic mass is 35.5. The van der Waals surface area contributed by atoms with E-state index in [0.717, 1.165) is 60.4 Å². The van der Waals surface area contributed by atoms with Crippen molar-refractivity contribution in [2.75, 3.05) is 46.4 Å². The van der Waals surface area contributed by atoms with Crippen molar-refractivity contribution in [3.05, 3.63) is 64.7 Å². The first-order chi connectivity index (χ1) is 17.0. The Kier molecular flexibility index (Phi) is 8.83. The smallest absolute Gasteiger partial charge is 0.253 e. The Morgan fingerprint density at radius 1 is 1.09 bits per heavy atom. The Bertz CT molecular complexity index is 1130. The van der Waals surface area contributed by atoms with E-state index in [4.69, 9.17) is 16.3 Å². The van der Waals surface area contributed by atoms with Crippen molar-refractivity contribution >= 4 is 29.3 Å². The number of hydrogen-bond acceptors (Lipinski definition) is 6. The molecule has 1 unspecified atom stereocenters. The molecule has 0 saturated carbocycles. The molecular formula is C26H32ClN5O2S. The van der Waals surface area contributed by atoms with Crippen molar-refractivity contribution in [1.82, 2.24) is 24.6 Å². The van der Waals surface area contributed by atoms with Gasteiger partial charge in [-0.3, -0.25) is 9.36 Å². The topological polar surface area (TPSA) is 63.5 Å². The fourth-order valence-corrected chi connectivity index (χ4v) is 5.47. The zero-order valence-corrected chi connectivity index (χ0v) is 22.1. The Morgan fingerprint density at radius 2 is 1.80 bits per heavy atom. The van der Waals surface area contributed by atoms with E-state index in [9.17, 15) is 4.79 Å². The summed E-state index contributed by atoms with van der Waals surface area (Å²) in [5.41, 5.74) is 2.70. The number of piperazine rings is 1. The Labute approximate surface area is 216 Å². The van der Waals surface area contributed by atoms with Crippen LogP contribution >= 0.6 is 23.4 Å². The van der Waals surface area contributed by atoms with Gasteiger partial charge >= 0.3 is 0 Å². The van der Waals surface area contributed by atoms with Crippen molar-refractivity contribution in [2.24, 2.45) is 0 Å². The van der Waals surface area contributed by atoms with Gasteiger partial charge in [0.25, 0.3) is 5.91 Å². The van der Waals surface area contributed by atoms with E-state index in [1.54, 1.807) is 18.9 Å². The van der Waals surface area contributed by atoms with E-state index in [-0.39, 0.29) is 11.9 Å². The van der Waals surface area contributed by atoms with Crippen molar-refractivity contribution in [1.29, 1.82) is 0 Å². The van der Waals surface area contributed by atoms with E-state index < -0.39 is 0 Å². The SMILES string of the molecule is CCN1CCN(C(=O)c2ccc(CSc3nnc(-c4ccccc4Cl)n3C(C)COC)cc2)CC1. The normalized spacial score (nSPS) is 15.4. The number of methoxy groups -OCH3 is 1. The fourth-order valence-electron chi connectivity index (χ4n) is 4.26. The first kappa shape index (κ1) is 25.7. The summed E-state index contributed by atoms with van der Waals surface area (Å²) in [4.78, 5) is 17.2. The Balaban J connectivity index is 1.46. The standard InChI is InChI=1S/C26H32ClN5O2S/c1-4-30-13-15-31(16-14-30)25(33)21-11-9-20(10-12-21)18-35-26-29-28-24(32(26)19(2)17-34-3)22-7-5-6-8-23(22)27/h5-12,19H,4,13-18H2,1-3H3. The predicted molar refractivity (Wildman–Crippen MR) is 141 cm³/mol. The number of amides is 1. The van der Waals surface area contributed by atoms with Gasteiger partial charge in [-0.1, -0.05) is 54.6 Å². The van der Waals surface area contributed by atoms with Crippen LogP contribution in [0.5, 0.6) is 0 Å². The first-order valence-corrected chi connectivity index (χ1v) is 13.3. The van der Waals surface area contributed by atoms with Gasteiger partial charge in [-0.25, -0.2) is 0 Å². The minimum atomic E-state index is 0.0388. The number of likely N-dealkylation sites (N-methyl/N-ethyl adjacent to an activating group) is 1. The molecule has 4 rings (SSSR count). The second-order valence-electron chi connectivity index (χ2n) is 8.67. The highest BCUT2D eigenvalue weighted by Crippen LogP contribution is 2.33. The van der Waals surface area contributed by atoms with Crippen LogP contribution in [0.4, 0.5) is 0 Å². The molecule has 35 heavy (non-hydrogen) atoms. The molecule has 0 bridgehead atoms. The number of thioether (sulfide) groups is 1. The monoisotopic (exact) mass is 513 g/mol. The number of halogens is 1. The summed E-state index contributed by atoms with van der Waals surface area (Å²) in [7, 11) is 1.69. The van der Waals surface area contributed by atoms with Crippen LogP contribution in [0.25, 0.3) is 11.4 Å². The van der Waals surface area contributed by atoms with Gasteiger partial charge in [0.05, 0.1) is 17.7 Å². The maximum atomic E-state index is 12.9. The van der Waals surface area contributed by atoms with Gasteiger partial charge in [-0.05, 0) is 43.3 Å². The van der Waals surface area contributed by atoms with E-state index in [0.29, 0.717) is 17.4 Å². The molecule has 0 radical (unpaired) electrons. The Hall–Kier alpha value is -2.39. The van der Waals surface area contributed by atoms with Gasteiger partial charge in [-0.2, -0.15) is 0 Å². The average Bonchev–Trinajstić information content (AvgIpc) is 3.31. The van der Waals surface area contributed by atoms with Crippen LogP contribution in [0, 0.1) is 0 Å². The molecule has 1 atom stereocenters. The maximum absolute atomic E-state index is 12.9. The van der Waals surface area contributed by atoms with Crippen LogP contribution in [0.1, 0.15) is 35.8 Å². The van der Waals surface area contributed by atoms with Crippen LogP contribution in [0.2, 0.25) is 5.02 Å². The minimum Gasteiger partial charge on any atom is -0.383 e. The molecule has 0 aliphatic carbocycles. The summed E-state index contributed by atoms with van der Waals surface area (Å²) >= 11 is 8.06. The lowest BCUT2D eigenvalue weighted by Crippen LogP contribution is -2.48. The van der Waals surface area contributed by atoms with Crippen LogP contribution in [-0.2, 0) is 10.5 Å². The predicted octanol–water partition coefficient (Wildman–Crippen LogP) is 4.88. The largest absolute Gasteiger partial charge is 0.383 e. The second-order valence-corrected chi connectivity index (χ2v) is 10.0. The maximum Gasteiger partial charge on any atom is 0.253 e. The molecule has 3 aromatic rings. The second kappa shape index (κ2) is 12.0. The van der Waals surface area contributed by atoms with Gasteiger partial charge < -0.3 is 14.5 Å². The molecule has 0 N–H and O–H groups in total. The zero-order chi connectivity index (χ0) is 24.8. The Morgan fingerprint density at radius 3 is 2.46 bits per heavy atom. The van der Waals surface area contributed by atoms with E-state index >= 15 is 0 Å². The molecule has 2 heterocycles. The number of carbonyl (C=O) groups is 1. The summed E-state index contributed by atoms with van der Waals surface area (Å²) in [5, 5.41) is 10.4. The molecule has 186 valence electrons. The minimum absolute atomic E-state index is 0.0388. The third-order valence-corrected chi connectivity index (χ3v) is 7.65. The number of hydrogen-bond donors (Lipinski definition) is 0. The molecule has 0 spiro atoms. The summed E-state index contributed by atoms with van der Waals surface area (Å²) in [5.74, 6) is 1.55. The number of aromatic nitrogens is 3. The highest BCUT2D eigenvalue weighted by molar-refractivity contribution is 7.98. The molecular weight excluding hydrogens is 482 g/mol. The number of rotatable bonds is 9. The van der Waals surface area contributed by atoms with Crippen LogP contribution in [-0.4, -0.2) is 76.9 Å². The van der Waals surface area contributed by atoms with Crippen molar-refractivity contribution in [3.63, 3.8) is 0 Å². The number of ether oxygens (including phenoxy) is 1. The lowest BCUT2D eigenvalue weighted by atomic mass is 10.1. The molecule has 1 amide bonds. The molecule has 2 aromatic carbocycles. The van der Waals surface area contributed by atoms with Crippen molar-refractivity contribution in [3.8, 4) is 11.4 Å². The van der Waals surface area contributed by atoms with E-state index in [1.807, 2.05) is 53.4 Å². The van der Waals surface area contributed by atoms with Gasteiger partial charge in [0, 0.05) is 50.2 Å². The summed E-state index contributed by atoms with van der Waals surface area (Å²) in [6.07, 6.45) is 0. The van der Waals surface area contributed by atoms with Crippen LogP contribution in [0.15, 0.2) is 53.7 Å². The van der Waals surface area contributed by atoms with Crippen molar-refractivity contribution < 1.29 is 9.53 Å². The van der Waals surface area contributed by atoms with Gasteiger partial charge in [-0.15, -0.1) is 10.2 Å². The molecule has 9 heteroatoms. The summed E-state index contributed by atoms with van der Waals surface area (Å²) in [6, 6.07) is 15.6. The molecule has 1 aliphatic rings. The number of nitrogens with zero attached hydrogens (tertiary/aromatic N) is 5. The molecule has 1 aliphatic heterocycles. The van der Waals surface area contributed by atoms with Crippen LogP contribution < -0.4 is 0 Å². The van der Waals surface area contributed by atoms with E-state index in [2.05, 4.69) is 33.5 Å². The fraction of sp³-hybridized carbons (Fsp3) is 0.423. The average molecular weight is 514 g/mol. The summed E-state index contributed by atoms with van der Waals surface area (Å²) in [6.45, 7) is 9.26. The quantitative estimate of drug-likeness (QED) is 0.380. The molecule has 1 fully saturated rings. The lowest BCUT2D eigenvalue weighted by molar-refractivity contribution is 0.0643. The third kappa shape index (κ3) is 6.06. The molecule has 1 saturated heterocycles. The summed E-state index contributed by atoms with van der Waals surface area (Å²) < 4.78 is 7.49. The zero-order valence-electron chi connectivity index (χ0n) is 20.5. The lowest BCUT2D eigenvalue weighted by Gasteiger charge is -2.34. The van der Waals surface area contributed by atoms with Gasteiger partial charge in [0.1, 0.15) is 0 Å². The molecule has 7 nitrogen and oxygen atoms in total. The highest BCUT2D eigenvalue weighted by Gasteiger charge is 2.22.